The number of urea groups is 1. The minimum atomic E-state index is -4.78. The summed E-state index contributed by atoms with van der Waals surface area (Å²) >= 11 is 0. The normalized spacial score (nSPS) is 13.0. The van der Waals surface area contributed by atoms with Crippen molar-refractivity contribution in [3.05, 3.63) is 18.2 Å². The molecule has 0 saturated heterocycles. The highest BCUT2D eigenvalue weighted by atomic mass is 19.4. The molecule has 7 nitrogen and oxygen atoms in total. The van der Waals surface area contributed by atoms with Crippen molar-refractivity contribution >= 4 is 28.8 Å². The van der Waals surface area contributed by atoms with Crippen molar-refractivity contribution in [3.8, 4) is 0 Å². The number of alkyl halides is 3. The molecule has 2 amide bonds. The van der Waals surface area contributed by atoms with Crippen LogP contribution >= 0.6 is 0 Å². The number of rotatable bonds is 4. The van der Waals surface area contributed by atoms with Gasteiger partial charge in [0.05, 0.1) is 6.54 Å². The number of halogens is 3. The largest absolute Gasteiger partial charge is 0.423 e. The number of fused-ring (bicyclic) bond motifs is 1. The maximum Gasteiger partial charge on any atom is 0.416 e. The van der Waals surface area contributed by atoms with Gasteiger partial charge in [-0.2, -0.15) is 18.2 Å². The lowest BCUT2D eigenvalue weighted by Gasteiger charge is -2.22. The van der Waals surface area contributed by atoms with E-state index in [9.17, 15) is 18.0 Å². The predicted molar refractivity (Wildman–Crippen MR) is 82.0 cm³/mol. The summed E-state index contributed by atoms with van der Waals surface area (Å²) in [5, 5.41) is 11.4. The molecule has 2 rings (SSSR count). The highest BCUT2D eigenvalue weighted by Gasteiger charge is 2.39. The van der Waals surface area contributed by atoms with Gasteiger partial charge in [0.15, 0.2) is 11.7 Å². The van der Waals surface area contributed by atoms with Crippen molar-refractivity contribution < 1.29 is 27.5 Å². The second kappa shape index (κ2) is 6.56. The SMILES string of the molecule is CN(CC(O)C(F)(F)F)C(=O)Nc1ccc2oc(N(C)C)nc2c1. The van der Waals surface area contributed by atoms with Gasteiger partial charge in [-0.3, -0.25) is 0 Å². The van der Waals surface area contributed by atoms with Gasteiger partial charge in [-0.25, -0.2) is 4.79 Å². The Labute approximate surface area is 135 Å². The Hall–Kier alpha value is -2.49. The molecule has 1 heterocycles. The summed E-state index contributed by atoms with van der Waals surface area (Å²) < 4.78 is 42.4. The number of carbonyl (C=O) groups is 1. The molecular formula is C14H17F3N4O3. The van der Waals surface area contributed by atoms with Crippen molar-refractivity contribution in [1.82, 2.24) is 9.88 Å². The van der Waals surface area contributed by atoms with Gasteiger partial charge in [-0.05, 0) is 18.2 Å². The number of hydrogen-bond donors (Lipinski definition) is 2. The second-order valence-corrected chi connectivity index (χ2v) is 5.44. The number of carbonyl (C=O) groups excluding carboxylic acids is 1. The molecule has 0 saturated carbocycles. The topological polar surface area (TPSA) is 81.8 Å². The van der Waals surface area contributed by atoms with Gasteiger partial charge in [0.25, 0.3) is 6.01 Å². The fraction of sp³-hybridized carbons (Fsp3) is 0.429. The molecule has 1 atom stereocenters. The summed E-state index contributed by atoms with van der Waals surface area (Å²) in [6.07, 6.45) is -7.38. The smallest absolute Gasteiger partial charge is 0.416 e. The maximum absolute atomic E-state index is 12.3. The van der Waals surface area contributed by atoms with Crippen molar-refractivity contribution in [2.24, 2.45) is 0 Å². The Morgan fingerprint density at radius 1 is 1.38 bits per heavy atom. The number of likely N-dealkylation sites (N-methyl/N-ethyl adjacent to an activating group) is 1. The summed E-state index contributed by atoms with van der Waals surface area (Å²) in [5.74, 6) is 0. The first-order valence-electron chi connectivity index (χ1n) is 6.92. The summed E-state index contributed by atoms with van der Waals surface area (Å²) in [4.78, 5) is 18.5. The van der Waals surface area contributed by atoms with Crippen LogP contribution in [0.2, 0.25) is 0 Å². The first-order valence-corrected chi connectivity index (χ1v) is 6.92. The fourth-order valence-corrected chi connectivity index (χ4v) is 1.85. The zero-order chi connectivity index (χ0) is 18.1. The minimum absolute atomic E-state index is 0.347. The van der Waals surface area contributed by atoms with E-state index in [1.807, 2.05) is 0 Å². The quantitative estimate of drug-likeness (QED) is 0.888. The van der Waals surface area contributed by atoms with Crippen LogP contribution in [0.3, 0.4) is 0 Å². The highest BCUT2D eigenvalue weighted by Crippen LogP contribution is 2.24. The highest BCUT2D eigenvalue weighted by molar-refractivity contribution is 5.91. The molecule has 0 spiro atoms. The van der Waals surface area contributed by atoms with E-state index in [4.69, 9.17) is 9.52 Å². The number of nitrogens with zero attached hydrogens (tertiary/aromatic N) is 3. The Kier molecular flexibility index (Phi) is 4.88. The van der Waals surface area contributed by atoms with Crippen LogP contribution in [0, 0.1) is 0 Å². The summed E-state index contributed by atoms with van der Waals surface area (Å²) in [7, 11) is 4.67. The second-order valence-electron chi connectivity index (χ2n) is 5.44. The molecule has 0 bridgehead atoms. The molecule has 0 radical (unpaired) electrons. The summed E-state index contributed by atoms with van der Waals surface area (Å²) in [6.45, 7) is -0.869. The number of oxazole rings is 1. The number of amides is 2. The van der Waals surface area contributed by atoms with Gasteiger partial charge >= 0.3 is 12.2 Å². The lowest BCUT2D eigenvalue weighted by atomic mass is 10.3. The minimum Gasteiger partial charge on any atom is -0.423 e. The van der Waals surface area contributed by atoms with Gasteiger partial charge in [-0.15, -0.1) is 0 Å². The third-order valence-electron chi connectivity index (χ3n) is 3.18. The van der Waals surface area contributed by atoms with E-state index in [0.29, 0.717) is 22.8 Å². The van der Waals surface area contributed by atoms with E-state index in [1.165, 1.54) is 6.07 Å². The Bertz CT molecular complexity index is 730. The molecule has 1 aromatic heterocycles. The van der Waals surface area contributed by atoms with Crippen LogP contribution in [-0.4, -0.2) is 61.0 Å². The van der Waals surface area contributed by atoms with Crippen LogP contribution in [0.25, 0.3) is 11.1 Å². The molecule has 2 aromatic rings. The summed E-state index contributed by atoms with van der Waals surface area (Å²) in [6, 6.07) is 4.28. The number of anilines is 2. The van der Waals surface area contributed by atoms with Gasteiger partial charge in [-0.1, -0.05) is 0 Å². The number of aromatic nitrogens is 1. The lowest BCUT2D eigenvalue weighted by molar-refractivity contribution is -0.205. The predicted octanol–water partition coefficient (Wildman–Crippen LogP) is 2.28. The molecule has 1 unspecified atom stereocenters. The third kappa shape index (κ3) is 4.07. The first-order chi connectivity index (χ1) is 11.1. The Morgan fingerprint density at radius 3 is 2.62 bits per heavy atom. The monoisotopic (exact) mass is 346 g/mol. The first kappa shape index (κ1) is 17.9. The van der Waals surface area contributed by atoms with Crippen molar-refractivity contribution in [3.63, 3.8) is 0 Å². The van der Waals surface area contributed by atoms with Crippen LogP contribution in [0.15, 0.2) is 22.6 Å². The number of aliphatic hydroxyl groups excluding tert-OH is 1. The molecule has 0 fully saturated rings. The summed E-state index contributed by atoms with van der Waals surface area (Å²) in [5.41, 5.74) is 1.35. The van der Waals surface area contributed by atoms with Crippen LogP contribution < -0.4 is 10.2 Å². The average Bonchev–Trinajstić information content (AvgIpc) is 2.89. The lowest BCUT2D eigenvalue weighted by Crippen LogP contribution is -2.43. The number of hydrogen-bond acceptors (Lipinski definition) is 5. The molecule has 0 aliphatic heterocycles. The van der Waals surface area contributed by atoms with Gasteiger partial charge < -0.3 is 24.6 Å². The number of aliphatic hydroxyl groups is 1. The van der Waals surface area contributed by atoms with Gasteiger partial charge in [0.2, 0.25) is 0 Å². The maximum atomic E-state index is 12.3. The third-order valence-corrected chi connectivity index (χ3v) is 3.18. The van der Waals surface area contributed by atoms with E-state index in [0.717, 1.165) is 11.9 Å². The zero-order valence-corrected chi connectivity index (χ0v) is 13.3. The average molecular weight is 346 g/mol. The molecule has 24 heavy (non-hydrogen) atoms. The zero-order valence-electron chi connectivity index (χ0n) is 13.3. The van der Waals surface area contributed by atoms with E-state index in [1.54, 1.807) is 31.1 Å². The number of benzene rings is 1. The molecule has 1 aromatic carbocycles. The van der Waals surface area contributed by atoms with Crippen LogP contribution in [-0.2, 0) is 0 Å². The molecule has 10 heteroatoms. The van der Waals surface area contributed by atoms with Crippen molar-refractivity contribution in [1.29, 1.82) is 0 Å². The molecular weight excluding hydrogens is 329 g/mol. The van der Waals surface area contributed by atoms with Gasteiger partial charge in [0.1, 0.15) is 5.52 Å². The van der Waals surface area contributed by atoms with Gasteiger partial charge in [0, 0.05) is 26.8 Å². The van der Waals surface area contributed by atoms with Crippen molar-refractivity contribution in [2.45, 2.75) is 12.3 Å². The van der Waals surface area contributed by atoms with E-state index < -0.39 is 24.9 Å². The standard InChI is InChI=1S/C14H17F3N4O3/c1-20(2)13-19-9-6-8(4-5-10(9)24-13)18-12(23)21(3)7-11(22)14(15,16)17/h4-6,11,22H,7H2,1-3H3,(H,18,23). The Balaban J connectivity index is 2.07. The van der Waals surface area contributed by atoms with Crippen LogP contribution in [0.4, 0.5) is 29.7 Å². The molecule has 2 N–H and O–H groups in total. The van der Waals surface area contributed by atoms with Crippen LogP contribution in [0.1, 0.15) is 0 Å². The Morgan fingerprint density at radius 2 is 2.04 bits per heavy atom. The van der Waals surface area contributed by atoms with E-state index in [-0.39, 0.29) is 0 Å². The molecule has 0 aliphatic carbocycles. The molecule has 132 valence electrons. The van der Waals surface area contributed by atoms with E-state index >= 15 is 0 Å². The number of nitrogens with one attached hydrogen (secondary N) is 1. The van der Waals surface area contributed by atoms with Crippen LogP contribution in [0.5, 0.6) is 0 Å². The molecule has 0 aliphatic rings. The van der Waals surface area contributed by atoms with Crippen molar-refractivity contribution in [2.75, 3.05) is 37.9 Å². The fourth-order valence-electron chi connectivity index (χ4n) is 1.85. The van der Waals surface area contributed by atoms with E-state index in [2.05, 4.69) is 10.3 Å².